The Labute approximate surface area is 167 Å². The van der Waals surface area contributed by atoms with Gasteiger partial charge in [-0.1, -0.05) is 18.2 Å². The third-order valence-electron chi connectivity index (χ3n) is 5.94. The molecule has 148 valence electrons. The lowest BCUT2D eigenvalue weighted by molar-refractivity contribution is -0.384. The van der Waals surface area contributed by atoms with Gasteiger partial charge in [0, 0.05) is 55.0 Å². The summed E-state index contributed by atoms with van der Waals surface area (Å²) in [6.07, 6.45) is 1.12. The first-order valence-corrected chi connectivity index (χ1v) is 9.82. The summed E-state index contributed by atoms with van der Waals surface area (Å²) in [5, 5.41) is 11.0. The normalized spacial score (nSPS) is 21.0. The number of aromatic nitrogens is 1. The molecule has 3 aromatic rings. The second-order valence-corrected chi connectivity index (χ2v) is 7.97. The maximum absolute atomic E-state index is 12.2. The number of hydrogen-bond donors (Lipinski definition) is 0. The van der Waals surface area contributed by atoms with Gasteiger partial charge in [-0.05, 0) is 30.5 Å². The summed E-state index contributed by atoms with van der Waals surface area (Å²) in [5.74, 6) is 2.31. The Morgan fingerprint density at radius 3 is 2.79 bits per heavy atom. The quantitative estimate of drug-likeness (QED) is 0.501. The van der Waals surface area contributed by atoms with Gasteiger partial charge in [-0.3, -0.25) is 19.8 Å². The second-order valence-electron chi connectivity index (χ2n) is 7.97. The van der Waals surface area contributed by atoms with Gasteiger partial charge in [0.25, 0.3) is 11.2 Å². The van der Waals surface area contributed by atoms with Crippen molar-refractivity contribution in [3.05, 3.63) is 86.5 Å². The molecule has 0 spiro atoms. The third-order valence-corrected chi connectivity index (χ3v) is 5.94. The monoisotopic (exact) mass is 391 g/mol. The number of fused-ring (bicyclic) bond motifs is 4. The molecule has 1 fully saturated rings. The fourth-order valence-corrected chi connectivity index (χ4v) is 4.74. The molecule has 0 amide bonds. The van der Waals surface area contributed by atoms with Crippen LogP contribution in [-0.4, -0.2) is 27.5 Å². The highest BCUT2D eigenvalue weighted by Crippen LogP contribution is 2.36. The number of rotatable bonds is 4. The molecule has 7 heteroatoms. The molecule has 0 unspecified atom stereocenters. The number of likely N-dealkylation sites (tertiary alicyclic amines) is 1. The molecule has 0 saturated carbocycles. The minimum atomic E-state index is -0.400. The Morgan fingerprint density at radius 2 is 1.93 bits per heavy atom. The fraction of sp³-hybridized carbons (Fsp3) is 0.318. The van der Waals surface area contributed by atoms with Gasteiger partial charge in [-0.2, -0.15) is 0 Å². The number of nitro groups is 1. The van der Waals surface area contributed by atoms with Crippen LogP contribution in [0.5, 0.6) is 0 Å². The standard InChI is InChI=1S/C22H21N3O4/c26-22-6-2-5-20-17-9-15(12-24(20)22)11-23(13-17)14-19-7-8-21(29-19)16-3-1-4-18(10-16)25(27)28/h1-8,10,15,17H,9,11-14H2/t15-,17+/m0/s1. The molecule has 29 heavy (non-hydrogen) atoms. The van der Waals surface area contributed by atoms with Crippen LogP contribution in [0.2, 0.25) is 0 Å². The lowest BCUT2D eigenvalue weighted by atomic mass is 9.83. The highest BCUT2D eigenvalue weighted by atomic mass is 16.6. The molecule has 2 aromatic heterocycles. The second kappa shape index (κ2) is 7.00. The van der Waals surface area contributed by atoms with Crippen molar-refractivity contribution in [1.82, 2.24) is 9.47 Å². The molecule has 2 bridgehead atoms. The van der Waals surface area contributed by atoms with Crippen molar-refractivity contribution >= 4 is 5.69 Å². The molecule has 2 atom stereocenters. The predicted molar refractivity (Wildman–Crippen MR) is 108 cm³/mol. The van der Waals surface area contributed by atoms with Gasteiger partial charge in [0.05, 0.1) is 11.5 Å². The lowest BCUT2D eigenvalue weighted by Gasteiger charge is -2.42. The number of non-ortho nitro benzene ring substituents is 1. The van der Waals surface area contributed by atoms with Crippen molar-refractivity contribution in [2.45, 2.75) is 25.4 Å². The maximum atomic E-state index is 12.2. The Balaban J connectivity index is 1.33. The van der Waals surface area contributed by atoms with Crippen LogP contribution in [0, 0.1) is 16.0 Å². The van der Waals surface area contributed by atoms with E-state index in [9.17, 15) is 14.9 Å². The van der Waals surface area contributed by atoms with Crippen LogP contribution < -0.4 is 5.56 Å². The van der Waals surface area contributed by atoms with Crippen molar-refractivity contribution in [2.75, 3.05) is 13.1 Å². The molecule has 0 N–H and O–H groups in total. The van der Waals surface area contributed by atoms with Crippen LogP contribution in [0.3, 0.4) is 0 Å². The average molecular weight is 391 g/mol. The minimum absolute atomic E-state index is 0.0539. The summed E-state index contributed by atoms with van der Waals surface area (Å²) >= 11 is 0. The van der Waals surface area contributed by atoms with E-state index in [-0.39, 0.29) is 11.2 Å². The van der Waals surface area contributed by atoms with Gasteiger partial charge in [-0.15, -0.1) is 0 Å². The topological polar surface area (TPSA) is 81.5 Å². The fourth-order valence-electron chi connectivity index (χ4n) is 4.74. The zero-order chi connectivity index (χ0) is 20.0. The number of nitro benzene ring substituents is 1. The summed E-state index contributed by atoms with van der Waals surface area (Å²) in [6, 6.07) is 15.9. The number of pyridine rings is 1. The summed E-state index contributed by atoms with van der Waals surface area (Å²) in [5.41, 5.74) is 1.99. The molecule has 2 aliphatic rings. The predicted octanol–water partition coefficient (Wildman–Crippen LogP) is 3.64. The van der Waals surface area contributed by atoms with Crippen LogP contribution >= 0.6 is 0 Å². The minimum Gasteiger partial charge on any atom is -0.460 e. The first kappa shape index (κ1) is 17.9. The number of benzene rings is 1. The smallest absolute Gasteiger partial charge is 0.270 e. The van der Waals surface area contributed by atoms with E-state index in [1.54, 1.807) is 12.1 Å². The molecule has 1 aromatic carbocycles. The van der Waals surface area contributed by atoms with Crippen molar-refractivity contribution in [3.63, 3.8) is 0 Å². The summed E-state index contributed by atoms with van der Waals surface area (Å²) in [6.45, 7) is 3.30. The summed E-state index contributed by atoms with van der Waals surface area (Å²) < 4.78 is 7.93. The van der Waals surface area contributed by atoms with E-state index in [1.807, 2.05) is 28.8 Å². The van der Waals surface area contributed by atoms with E-state index in [1.165, 1.54) is 12.1 Å². The average Bonchev–Trinajstić information content (AvgIpc) is 3.17. The van der Waals surface area contributed by atoms with E-state index >= 15 is 0 Å². The van der Waals surface area contributed by atoms with Crippen molar-refractivity contribution in [1.29, 1.82) is 0 Å². The van der Waals surface area contributed by atoms with Gasteiger partial charge < -0.3 is 8.98 Å². The van der Waals surface area contributed by atoms with Gasteiger partial charge in [0.15, 0.2) is 0 Å². The SMILES string of the molecule is O=c1cccc2n1C[C@H]1C[C@@H]2CN(Cc2ccc(-c3cccc([N+](=O)[O-])c3)o2)C1. The maximum Gasteiger partial charge on any atom is 0.270 e. The first-order valence-electron chi connectivity index (χ1n) is 9.82. The molecule has 4 heterocycles. The zero-order valence-corrected chi connectivity index (χ0v) is 15.9. The molecule has 0 aliphatic carbocycles. The molecular weight excluding hydrogens is 370 g/mol. The van der Waals surface area contributed by atoms with Gasteiger partial charge >= 0.3 is 0 Å². The van der Waals surface area contributed by atoms with E-state index in [0.717, 1.165) is 37.5 Å². The van der Waals surface area contributed by atoms with Gasteiger partial charge in [0.1, 0.15) is 11.5 Å². The highest BCUT2D eigenvalue weighted by molar-refractivity contribution is 5.61. The van der Waals surface area contributed by atoms with E-state index in [4.69, 9.17) is 4.42 Å². The Morgan fingerprint density at radius 1 is 1.07 bits per heavy atom. The van der Waals surface area contributed by atoms with Crippen LogP contribution in [0.1, 0.15) is 23.8 Å². The van der Waals surface area contributed by atoms with Crippen LogP contribution in [0.15, 0.2) is 63.8 Å². The van der Waals surface area contributed by atoms with E-state index in [0.29, 0.717) is 29.7 Å². The number of hydrogen-bond acceptors (Lipinski definition) is 5. The molecule has 7 nitrogen and oxygen atoms in total. The van der Waals surface area contributed by atoms with Crippen LogP contribution in [-0.2, 0) is 13.1 Å². The summed E-state index contributed by atoms with van der Waals surface area (Å²) in [4.78, 5) is 25.2. The third kappa shape index (κ3) is 3.38. The molecular formula is C22H21N3O4. The van der Waals surface area contributed by atoms with Gasteiger partial charge in [-0.25, -0.2) is 0 Å². The van der Waals surface area contributed by atoms with Crippen LogP contribution in [0.25, 0.3) is 11.3 Å². The molecule has 5 rings (SSSR count). The Bertz CT molecular complexity index is 1130. The molecule has 1 saturated heterocycles. The number of piperidine rings is 1. The summed E-state index contributed by atoms with van der Waals surface area (Å²) in [7, 11) is 0. The number of furan rings is 1. The van der Waals surface area contributed by atoms with E-state index < -0.39 is 4.92 Å². The molecule has 0 radical (unpaired) electrons. The molecule has 2 aliphatic heterocycles. The Hall–Kier alpha value is -3.19. The highest BCUT2D eigenvalue weighted by Gasteiger charge is 2.34. The lowest BCUT2D eigenvalue weighted by Crippen LogP contribution is -2.46. The first-order chi connectivity index (χ1) is 14.1. The van der Waals surface area contributed by atoms with Crippen molar-refractivity contribution < 1.29 is 9.34 Å². The Kier molecular flexibility index (Phi) is 4.32. The van der Waals surface area contributed by atoms with Crippen LogP contribution in [0.4, 0.5) is 5.69 Å². The van der Waals surface area contributed by atoms with E-state index in [2.05, 4.69) is 11.0 Å². The van der Waals surface area contributed by atoms with Crippen molar-refractivity contribution in [3.8, 4) is 11.3 Å². The number of nitrogens with zero attached hydrogens (tertiary/aromatic N) is 3. The van der Waals surface area contributed by atoms with Gasteiger partial charge in [0.2, 0.25) is 0 Å². The zero-order valence-electron chi connectivity index (χ0n) is 15.9. The van der Waals surface area contributed by atoms with Crippen molar-refractivity contribution in [2.24, 2.45) is 5.92 Å². The largest absolute Gasteiger partial charge is 0.460 e.